The molecule has 0 aromatic heterocycles. The fraction of sp³-hybridized carbons (Fsp3) is 0.562. The molecule has 4 N–H and O–H groups in total. The summed E-state index contributed by atoms with van der Waals surface area (Å²) in [5.41, 5.74) is 7.47. The molecule has 1 atom stereocenters. The molecule has 4 heteroatoms. The summed E-state index contributed by atoms with van der Waals surface area (Å²) in [6.07, 6.45) is 0. The Bertz CT molecular complexity index is 480. The van der Waals surface area contributed by atoms with Gasteiger partial charge in [0.15, 0.2) is 0 Å². The Balaban J connectivity index is 2.08. The van der Waals surface area contributed by atoms with Gasteiger partial charge in [-0.3, -0.25) is 0 Å². The summed E-state index contributed by atoms with van der Waals surface area (Å²) in [6, 6.07) is 10.4. The van der Waals surface area contributed by atoms with Gasteiger partial charge in [-0.15, -0.1) is 0 Å². The molecule has 0 aliphatic heterocycles. The Morgan fingerprint density at radius 3 is 2.25 bits per heavy atom. The van der Waals surface area contributed by atoms with Gasteiger partial charge < -0.3 is 16.3 Å². The number of amidine groups is 1. The molecule has 1 unspecified atom stereocenters. The maximum absolute atomic E-state index is 8.99. The number of benzene rings is 1. The first kappa shape index (κ1) is 14.9. The van der Waals surface area contributed by atoms with Crippen molar-refractivity contribution in [2.45, 2.75) is 39.7 Å². The third kappa shape index (κ3) is 2.40. The summed E-state index contributed by atoms with van der Waals surface area (Å²) in [7, 11) is 0. The van der Waals surface area contributed by atoms with E-state index in [1.165, 1.54) is 0 Å². The van der Waals surface area contributed by atoms with E-state index in [-0.39, 0.29) is 22.6 Å². The van der Waals surface area contributed by atoms with Crippen molar-refractivity contribution in [2.75, 3.05) is 6.54 Å². The molecule has 0 spiro atoms. The van der Waals surface area contributed by atoms with Crippen LogP contribution in [0.2, 0.25) is 0 Å². The largest absolute Gasteiger partial charge is 0.409 e. The van der Waals surface area contributed by atoms with E-state index in [0.29, 0.717) is 12.6 Å². The normalized spacial score (nSPS) is 22.5. The van der Waals surface area contributed by atoms with E-state index in [2.05, 4.69) is 38.2 Å². The molecule has 1 aliphatic carbocycles. The summed E-state index contributed by atoms with van der Waals surface area (Å²) >= 11 is 0. The topological polar surface area (TPSA) is 70.6 Å². The standard InChI is InChI=1S/C16H25N3O/c1-15(2)14(16(15,3)4)18-10-12(13(17)19-20)11-8-6-5-7-9-11/h5-9,12,14,18,20H,10H2,1-4H3,(H2,17,19). The Labute approximate surface area is 121 Å². The zero-order valence-corrected chi connectivity index (χ0v) is 12.7. The zero-order chi connectivity index (χ0) is 15.0. The molecule has 0 radical (unpaired) electrons. The fourth-order valence-corrected chi connectivity index (χ4v) is 3.09. The van der Waals surface area contributed by atoms with Crippen molar-refractivity contribution in [1.29, 1.82) is 0 Å². The van der Waals surface area contributed by atoms with Gasteiger partial charge in [0.1, 0.15) is 5.84 Å². The molecular weight excluding hydrogens is 250 g/mol. The maximum Gasteiger partial charge on any atom is 0.147 e. The highest BCUT2D eigenvalue weighted by molar-refractivity contribution is 5.87. The number of hydrogen-bond acceptors (Lipinski definition) is 3. The molecular formula is C16H25N3O. The summed E-state index contributed by atoms with van der Waals surface area (Å²) in [4.78, 5) is 0. The van der Waals surface area contributed by atoms with Gasteiger partial charge >= 0.3 is 0 Å². The lowest BCUT2D eigenvalue weighted by Gasteiger charge is -2.17. The predicted octanol–water partition coefficient (Wildman–Crippen LogP) is 2.54. The molecule has 1 saturated carbocycles. The van der Waals surface area contributed by atoms with Gasteiger partial charge in [-0.25, -0.2) is 0 Å². The highest BCUT2D eigenvalue weighted by atomic mass is 16.4. The summed E-state index contributed by atoms with van der Waals surface area (Å²) < 4.78 is 0. The lowest BCUT2D eigenvalue weighted by molar-refractivity contribution is 0.315. The van der Waals surface area contributed by atoms with Crippen molar-refractivity contribution in [3.05, 3.63) is 35.9 Å². The smallest absolute Gasteiger partial charge is 0.147 e. The first-order valence-electron chi connectivity index (χ1n) is 7.08. The van der Waals surface area contributed by atoms with Crippen molar-refractivity contribution in [1.82, 2.24) is 5.32 Å². The molecule has 0 bridgehead atoms. The molecule has 1 aromatic carbocycles. The second kappa shape index (κ2) is 5.09. The molecule has 1 fully saturated rings. The molecule has 2 rings (SSSR count). The number of hydrogen-bond donors (Lipinski definition) is 3. The zero-order valence-electron chi connectivity index (χ0n) is 12.7. The van der Waals surface area contributed by atoms with Crippen molar-refractivity contribution in [2.24, 2.45) is 21.7 Å². The number of nitrogens with one attached hydrogen (secondary N) is 1. The van der Waals surface area contributed by atoms with Crippen molar-refractivity contribution in [3.63, 3.8) is 0 Å². The van der Waals surface area contributed by atoms with Gasteiger partial charge in [-0.1, -0.05) is 63.2 Å². The van der Waals surface area contributed by atoms with Crippen molar-refractivity contribution in [3.8, 4) is 0 Å². The number of nitrogens with two attached hydrogens (primary N) is 1. The maximum atomic E-state index is 8.99. The van der Waals surface area contributed by atoms with E-state index in [4.69, 9.17) is 10.9 Å². The second-order valence-corrected chi connectivity index (χ2v) is 6.77. The Morgan fingerprint density at radius 1 is 1.25 bits per heavy atom. The molecule has 0 saturated heterocycles. The lowest BCUT2D eigenvalue weighted by atomic mass is 9.98. The van der Waals surface area contributed by atoms with Crippen molar-refractivity contribution >= 4 is 5.84 Å². The van der Waals surface area contributed by atoms with Crippen LogP contribution < -0.4 is 11.1 Å². The van der Waals surface area contributed by atoms with Gasteiger partial charge in [0, 0.05) is 12.6 Å². The van der Waals surface area contributed by atoms with E-state index < -0.39 is 0 Å². The fourth-order valence-electron chi connectivity index (χ4n) is 3.09. The van der Waals surface area contributed by atoms with Crippen LogP contribution >= 0.6 is 0 Å². The third-order valence-corrected chi connectivity index (χ3v) is 5.22. The van der Waals surface area contributed by atoms with E-state index >= 15 is 0 Å². The number of rotatable bonds is 5. The predicted molar refractivity (Wildman–Crippen MR) is 81.9 cm³/mol. The molecule has 1 aromatic rings. The Morgan fingerprint density at radius 2 is 1.80 bits per heavy atom. The SMILES string of the molecule is CC1(C)C(NCC(C(N)=NO)c2ccccc2)C1(C)C. The number of oxime groups is 1. The molecule has 0 heterocycles. The van der Waals surface area contributed by atoms with E-state index in [1.54, 1.807) is 0 Å². The second-order valence-electron chi connectivity index (χ2n) is 6.77. The van der Waals surface area contributed by atoms with Crippen LogP contribution in [0.5, 0.6) is 0 Å². The van der Waals surface area contributed by atoms with Crippen molar-refractivity contribution < 1.29 is 5.21 Å². The van der Waals surface area contributed by atoms with Crippen LogP contribution in [0, 0.1) is 10.8 Å². The van der Waals surface area contributed by atoms with Crippen LogP contribution in [0.3, 0.4) is 0 Å². The van der Waals surface area contributed by atoms with Gasteiger partial charge in [0.05, 0.1) is 5.92 Å². The highest BCUT2D eigenvalue weighted by Crippen LogP contribution is 2.62. The minimum Gasteiger partial charge on any atom is -0.409 e. The first-order chi connectivity index (χ1) is 9.32. The van der Waals surface area contributed by atoms with Crippen LogP contribution in [0.15, 0.2) is 35.5 Å². The first-order valence-corrected chi connectivity index (χ1v) is 7.08. The molecule has 1 aliphatic rings. The summed E-state index contributed by atoms with van der Waals surface area (Å²) in [5.74, 6) is 0.147. The van der Waals surface area contributed by atoms with Crippen LogP contribution in [0.25, 0.3) is 0 Å². The molecule has 4 nitrogen and oxygen atoms in total. The van der Waals surface area contributed by atoms with Crippen LogP contribution in [0.1, 0.15) is 39.2 Å². The van der Waals surface area contributed by atoms with E-state index in [9.17, 15) is 0 Å². The van der Waals surface area contributed by atoms with Gasteiger partial charge in [-0.2, -0.15) is 0 Å². The van der Waals surface area contributed by atoms with E-state index in [1.807, 2.05) is 30.3 Å². The molecule has 110 valence electrons. The van der Waals surface area contributed by atoms with Gasteiger partial charge in [0.25, 0.3) is 0 Å². The highest BCUT2D eigenvalue weighted by Gasteiger charge is 2.64. The minimum atomic E-state index is -0.103. The summed E-state index contributed by atoms with van der Waals surface area (Å²) in [6.45, 7) is 9.76. The summed E-state index contributed by atoms with van der Waals surface area (Å²) in [5, 5.41) is 15.8. The number of nitrogens with zero attached hydrogens (tertiary/aromatic N) is 1. The Kier molecular flexibility index (Phi) is 3.78. The minimum absolute atomic E-state index is 0.103. The van der Waals surface area contributed by atoms with Crippen LogP contribution in [-0.4, -0.2) is 23.6 Å². The monoisotopic (exact) mass is 275 g/mol. The van der Waals surface area contributed by atoms with E-state index in [0.717, 1.165) is 5.56 Å². The average molecular weight is 275 g/mol. The average Bonchev–Trinajstić information content (AvgIpc) is 2.81. The van der Waals surface area contributed by atoms with Crippen LogP contribution in [0.4, 0.5) is 0 Å². The third-order valence-electron chi connectivity index (χ3n) is 5.22. The lowest BCUT2D eigenvalue weighted by Crippen LogP contribution is -2.34. The molecule has 20 heavy (non-hydrogen) atoms. The van der Waals surface area contributed by atoms with Crippen LogP contribution in [-0.2, 0) is 0 Å². The Hall–Kier alpha value is -1.55. The van der Waals surface area contributed by atoms with Gasteiger partial charge in [-0.05, 0) is 16.4 Å². The molecule has 0 amide bonds. The van der Waals surface area contributed by atoms with Gasteiger partial charge in [0.2, 0.25) is 0 Å². The quantitative estimate of drug-likeness (QED) is 0.335.